The van der Waals surface area contributed by atoms with E-state index < -0.39 is 56.7 Å². The van der Waals surface area contributed by atoms with Gasteiger partial charge in [0.05, 0.1) is 12.2 Å². The predicted octanol–water partition coefficient (Wildman–Crippen LogP) is 3.46. The number of nitrogens with one attached hydrogen (secondary N) is 2. The quantitative estimate of drug-likeness (QED) is 0.475. The Morgan fingerprint density at radius 1 is 1.25 bits per heavy atom. The van der Waals surface area contributed by atoms with Crippen molar-refractivity contribution in [2.75, 3.05) is 11.9 Å². The van der Waals surface area contributed by atoms with Gasteiger partial charge in [-0.05, 0) is 55.7 Å². The summed E-state index contributed by atoms with van der Waals surface area (Å²) in [4.78, 5) is 36.6. The summed E-state index contributed by atoms with van der Waals surface area (Å²) in [6.07, 6.45) is 0. The summed E-state index contributed by atoms with van der Waals surface area (Å²) in [5.41, 5.74) is 1.05. The topological polar surface area (TPSA) is 142 Å². The number of sulfonamides is 1. The molecule has 1 amide bonds. The highest BCUT2D eigenvalue weighted by Gasteiger charge is 2.45. The molecule has 10 nitrogen and oxygen atoms in total. The number of hydrogen-bond acceptors (Lipinski definition) is 7. The van der Waals surface area contributed by atoms with Crippen LogP contribution in [0.4, 0.5) is 10.1 Å². The molecule has 36 heavy (non-hydrogen) atoms. The zero-order chi connectivity index (χ0) is 26.5. The Balaban J connectivity index is 2.01. The summed E-state index contributed by atoms with van der Waals surface area (Å²) in [5, 5.41) is 8.42. The van der Waals surface area contributed by atoms with Gasteiger partial charge in [-0.25, -0.2) is 22.7 Å². The van der Waals surface area contributed by atoms with Gasteiger partial charge in [-0.3, -0.25) is 9.59 Å². The number of aromatic nitrogens is 2. The second-order valence-corrected chi connectivity index (χ2v) is 10.8. The molecule has 0 aliphatic carbocycles. The van der Waals surface area contributed by atoms with Gasteiger partial charge in [-0.1, -0.05) is 24.6 Å². The van der Waals surface area contributed by atoms with Crippen LogP contribution in [0.15, 0.2) is 38.4 Å². The van der Waals surface area contributed by atoms with Crippen molar-refractivity contribution in [2.45, 2.75) is 44.6 Å². The number of carbonyl (C=O) groups is 2. The van der Waals surface area contributed by atoms with Crippen molar-refractivity contribution in [1.29, 1.82) is 0 Å². The molecule has 1 aromatic heterocycles. The molecule has 1 aliphatic heterocycles. The van der Waals surface area contributed by atoms with Crippen molar-refractivity contribution >= 4 is 39.0 Å². The van der Waals surface area contributed by atoms with E-state index in [1.165, 1.54) is 25.1 Å². The van der Waals surface area contributed by atoms with E-state index in [1.54, 1.807) is 19.9 Å². The van der Waals surface area contributed by atoms with Crippen LogP contribution in [0.5, 0.6) is 0 Å². The van der Waals surface area contributed by atoms with Crippen molar-refractivity contribution in [3.05, 3.63) is 73.8 Å². The molecule has 0 fully saturated rings. The van der Waals surface area contributed by atoms with Crippen LogP contribution in [-0.2, 0) is 14.8 Å². The van der Waals surface area contributed by atoms with Gasteiger partial charge >= 0.3 is 5.76 Å². The van der Waals surface area contributed by atoms with Crippen LogP contribution >= 0.6 is 11.6 Å². The lowest BCUT2D eigenvalue weighted by Crippen LogP contribution is -2.41. The Hall–Kier alpha value is -3.35. The second kappa shape index (κ2) is 9.26. The molecule has 0 saturated heterocycles. The molecule has 0 saturated carbocycles. The first-order valence-corrected chi connectivity index (χ1v) is 12.6. The van der Waals surface area contributed by atoms with Crippen LogP contribution in [0, 0.1) is 19.7 Å². The number of aryl methyl sites for hydroxylation is 1. The summed E-state index contributed by atoms with van der Waals surface area (Å²) < 4.78 is 49.2. The SMILES string of the molecule is CC(=O)c1cc(Cl)cc2c1S(=O)(=O)N([C@H](c1n[nH]c(=O)o1)C(C)c1c(F)ccc(C)c1C)CC(=O)N2. The fraction of sp³-hybridized carbons (Fsp3) is 0.304. The first kappa shape index (κ1) is 25.7. The van der Waals surface area contributed by atoms with Gasteiger partial charge in [-0.15, -0.1) is 5.10 Å². The van der Waals surface area contributed by atoms with Crippen LogP contribution in [0.25, 0.3) is 0 Å². The van der Waals surface area contributed by atoms with Crippen molar-refractivity contribution in [2.24, 2.45) is 0 Å². The average molecular weight is 537 g/mol. The predicted molar refractivity (Wildman–Crippen MR) is 128 cm³/mol. The number of ketones is 1. The molecule has 0 radical (unpaired) electrons. The van der Waals surface area contributed by atoms with Crippen LogP contribution in [0.2, 0.25) is 5.02 Å². The summed E-state index contributed by atoms with van der Waals surface area (Å²) in [6.45, 7) is 5.42. The van der Waals surface area contributed by atoms with E-state index in [0.717, 1.165) is 16.8 Å². The Morgan fingerprint density at radius 2 is 1.94 bits per heavy atom. The highest BCUT2D eigenvalue weighted by Crippen LogP contribution is 2.43. The molecule has 2 atom stereocenters. The van der Waals surface area contributed by atoms with E-state index in [4.69, 9.17) is 16.0 Å². The Labute approximate surface area is 210 Å². The number of hydrogen-bond donors (Lipinski definition) is 2. The van der Waals surface area contributed by atoms with Gasteiger partial charge in [0, 0.05) is 16.5 Å². The number of H-pyrrole nitrogens is 1. The first-order valence-electron chi connectivity index (χ1n) is 10.8. The van der Waals surface area contributed by atoms with Crippen molar-refractivity contribution < 1.29 is 26.8 Å². The van der Waals surface area contributed by atoms with Gasteiger partial charge < -0.3 is 9.73 Å². The molecule has 3 aromatic rings. The van der Waals surface area contributed by atoms with Crippen LogP contribution < -0.4 is 11.1 Å². The van der Waals surface area contributed by atoms with Crippen LogP contribution in [0.3, 0.4) is 0 Å². The van der Waals surface area contributed by atoms with E-state index in [1.807, 2.05) is 0 Å². The first-order chi connectivity index (χ1) is 16.8. The van der Waals surface area contributed by atoms with Gasteiger partial charge in [0.1, 0.15) is 16.8 Å². The normalized spacial score (nSPS) is 17.1. The smallest absolute Gasteiger partial charge is 0.391 e. The maximum Gasteiger partial charge on any atom is 0.434 e. The van der Waals surface area contributed by atoms with E-state index in [2.05, 4.69) is 15.5 Å². The zero-order valence-corrected chi connectivity index (χ0v) is 21.3. The number of halogens is 2. The number of nitrogens with zero attached hydrogens (tertiary/aromatic N) is 2. The lowest BCUT2D eigenvalue weighted by atomic mass is 9.87. The summed E-state index contributed by atoms with van der Waals surface area (Å²) in [7, 11) is -4.64. The number of amides is 1. The number of fused-ring (bicyclic) bond motifs is 1. The number of rotatable bonds is 5. The monoisotopic (exact) mass is 536 g/mol. The molecule has 13 heteroatoms. The minimum atomic E-state index is -4.64. The van der Waals surface area contributed by atoms with Gasteiger partial charge in [0.25, 0.3) is 0 Å². The minimum Gasteiger partial charge on any atom is -0.391 e. The zero-order valence-electron chi connectivity index (χ0n) is 19.7. The maximum absolute atomic E-state index is 15.1. The standard InChI is InChI=1S/C23H22ClFN4O6S/c1-10-5-6-16(25)19(11(10)2)12(3)20(22-27-28-23(32)35-22)29-9-18(31)26-17-8-14(24)7-15(13(4)30)21(17)36(29,33)34/h5-8,12,20H,9H2,1-4H3,(H,26,31)(H,28,32)/t12?,20-/m0/s1. The Bertz CT molecular complexity index is 1560. The van der Waals surface area contributed by atoms with E-state index in [9.17, 15) is 22.8 Å². The number of benzene rings is 2. The molecule has 0 bridgehead atoms. The minimum absolute atomic E-state index is 0.0450. The highest BCUT2D eigenvalue weighted by atomic mass is 35.5. The molecular formula is C23H22ClFN4O6S. The fourth-order valence-corrected chi connectivity index (χ4v) is 6.66. The lowest BCUT2D eigenvalue weighted by molar-refractivity contribution is -0.116. The number of Topliss-reactive ketones (excluding diaryl/α,β-unsaturated/α-hetero) is 1. The molecule has 2 aromatic carbocycles. The third-order valence-corrected chi connectivity index (χ3v) is 8.40. The molecule has 1 unspecified atom stereocenters. The van der Waals surface area contributed by atoms with Gasteiger partial charge in [0.15, 0.2) is 5.78 Å². The lowest BCUT2D eigenvalue weighted by Gasteiger charge is -2.32. The molecule has 190 valence electrons. The van der Waals surface area contributed by atoms with Gasteiger partial charge in [-0.2, -0.15) is 4.31 Å². The summed E-state index contributed by atoms with van der Waals surface area (Å²) in [6, 6.07) is 3.81. The second-order valence-electron chi connectivity index (χ2n) is 8.57. The van der Waals surface area contributed by atoms with E-state index >= 15 is 4.39 Å². The van der Waals surface area contributed by atoms with Crippen molar-refractivity contribution in [3.8, 4) is 0 Å². The third kappa shape index (κ3) is 4.36. The van der Waals surface area contributed by atoms with Crippen LogP contribution in [-0.4, -0.2) is 41.2 Å². The molecule has 2 heterocycles. The fourth-order valence-electron chi connectivity index (χ4n) is 4.48. The van der Waals surface area contributed by atoms with Crippen LogP contribution in [0.1, 0.15) is 58.7 Å². The molecule has 4 rings (SSSR count). The number of carbonyl (C=O) groups excluding carboxylic acids is 2. The number of aromatic amines is 1. The van der Waals surface area contributed by atoms with E-state index in [-0.39, 0.29) is 27.7 Å². The summed E-state index contributed by atoms with van der Waals surface area (Å²) in [5.74, 6) is -4.27. The van der Waals surface area contributed by atoms with Crippen molar-refractivity contribution in [1.82, 2.24) is 14.5 Å². The molecule has 0 spiro atoms. The number of anilines is 1. The van der Waals surface area contributed by atoms with Crippen molar-refractivity contribution in [3.63, 3.8) is 0 Å². The third-order valence-electron chi connectivity index (χ3n) is 6.25. The molecule has 1 aliphatic rings. The van der Waals surface area contributed by atoms with E-state index in [0.29, 0.717) is 5.56 Å². The Morgan fingerprint density at radius 3 is 2.56 bits per heavy atom. The highest BCUT2D eigenvalue weighted by molar-refractivity contribution is 7.89. The average Bonchev–Trinajstić information content (AvgIpc) is 3.17. The Kier molecular flexibility index (Phi) is 6.62. The maximum atomic E-state index is 15.1. The summed E-state index contributed by atoms with van der Waals surface area (Å²) >= 11 is 6.08. The van der Waals surface area contributed by atoms with Gasteiger partial charge in [0.2, 0.25) is 21.8 Å². The molecular weight excluding hydrogens is 515 g/mol. The largest absolute Gasteiger partial charge is 0.434 e. The molecule has 2 N–H and O–H groups in total.